The summed E-state index contributed by atoms with van der Waals surface area (Å²) in [6.45, 7) is 9.99. The lowest BCUT2D eigenvalue weighted by atomic mass is 10.0. The summed E-state index contributed by atoms with van der Waals surface area (Å²) >= 11 is 0. The number of aryl methyl sites for hydroxylation is 1. The van der Waals surface area contributed by atoms with Crippen LogP contribution in [-0.4, -0.2) is 45.8 Å². The van der Waals surface area contributed by atoms with Crippen LogP contribution in [0.3, 0.4) is 0 Å². The van der Waals surface area contributed by atoms with E-state index in [1.165, 1.54) is 0 Å². The molecule has 7 nitrogen and oxygen atoms in total. The van der Waals surface area contributed by atoms with Crippen molar-refractivity contribution >= 4 is 12.4 Å². The van der Waals surface area contributed by atoms with Crippen LogP contribution in [0.25, 0.3) is 11.1 Å². The van der Waals surface area contributed by atoms with E-state index in [9.17, 15) is 9.59 Å². The van der Waals surface area contributed by atoms with E-state index in [2.05, 4.69) is 5.10 Å². The molecule has 34 heavy (non-hydrogen) atoms. The molecule has 1 aliphatic heterocycles. The second-order valence-electron chi connectivity index (χ2n) is 9.81. The summed E-state index contributed by atoms with van der Waals surface area (Å²) in [5, 5.41) is 4.49. The van der Waals surface area contributed by atoms with Gasteiger partial charge in [0, 0.05) is 37.3 Å². The van der Waals surface area contributed by atoms with Crippen LogP contribution < -0.4 is 4.74 Å². The smallest absolute Gasteiger partial charge is 0.410 e. The average Bonchev–Trinajstić information content (AvgIpc) is 3.22. The first kappa shape index (κ1) is 23.5. The van der Waals surface area contributed by atoms with Crippen molar-refractivity contribution in [3.8, 4) is 16.9 Å². The molecule has 0 aliphatic carbocycles. The van der Waals surface area contributed by atoms with Crippen molar-refractivity contribution < 1.29 is 19.1 Å². The molecule has 1 fully saturated rings. The third kappa shape index (κ3) is 5.65. The second-order valence-corrected chi connectivity index (χ2v) is 9.81. The Hall–Kier alpha value is -3.61. The molecule has 0 unspecified atom stereocenters. The van der Waals surface area contributed by atoms with Gasteiger partial charge in [0.1, 0.15) is 18.0 Å². The summed E-state index contributed by atoms with van der Waals surface area (Å²) < 4.78 is 13.3. The Kier molecular flexibility index (Phi) is 6.72. The molecule has 1 amide bonds. The molecular weight excluding hydrogens is 430 g/mol. The molecule has 2 aromatic carbocycles. The van der Waals surface area contributed by atoms with Gasteiger partial charge in [-0.2, -0.15) is 5.10 Å². The van der Waals surface area contributed by atoms with Crippen molar-refractivity contribution in [3.05, 3.63) is 71.5 Å². The zero-order chi connectivity index (χ0) is 24.3. The molecule has 0 bridgehead atoms. The zero-order valence-electron chi connectivity index (χ0n) is 20.2. The first-order chi connectivity index (χ1) is 16.2. The number of carbonyl (C=O) groups is 2. The molecule has 7 heteroatoms. The predicted octanol–water partition coefficient (Wildman–Crippen LogP) is 5.12. The van der Waals surface area contributed by atoms with Gasteiger partial charge in [-0.15, -0.1) is 0 Å². The van der Waals surface area contributed by atoms with Crippen LogP contribution in [0.2, 0.25) is 0 Å². The lowest BCUT2D eigenvalue weighted by Gasteiger charge is -2.39. The van der Waals surface area contributed by atoms with Gasteiger partial charge in [0.05, 0.1) is 11.8 Å². The summed E-state index contributed by atoms with van der Waals surface area (Å²) in [5.41, 5.74) is 3.83. The van der Waals surface area contributed by atoms with E-state index in [0.29, 0.717) is 36.9 Å². The Morgan fingerprint density at radius 1 is 1.15 bits per heavy atom. The Labute approximate surface area is 200 Å². The number of hydrogen-bond donors (Lipinski definition) is 0. The van der Waals surface area contributed by atoms with Gasteiger partial charge in [-0.3, -0.25) is 9.48 Å². The minimum Gasteiger partial charge on any atom is -0.488 e. The number of hydrogen-bond acceptors (Lipinski definition) is 5. The fourth-order valence-electron chi connectivity index (χ4n) is 4.02. The summed E-state index contributed by atoms with van der Waals surface area (Å²) in [4.78, 5) is 25.6. The second kappa shape index (κ2) is 9.71. The van der Waals surface area contributed by atoms with Crippen molar-refractivity contribution in [1.29, 1.82) is 0 Å². The highest BCUT2D eigenvalue weighted by Crippen LogP contribution is 2.31. The molecule has 1 aromatic heterocycles. The highest BCUT2D eigenvalue weighted by molar-refractivity contribution is 5.84. The highest BCUT2D eigenvalue weighted by atomic mass is 16.6. The van der Waals surface area contributed by atoms with Crippen LogP contribution in [0.4, 0.5) is 4.79 Å². The lowest BCUT2D eigenvalue weighted by Crippen LogP contribution is -2.52. The summed E-state index contributed by atoms with van der Waals surface area (Å²) in [6.07, 6.45) is 4.35. The van der Waals surface area contributed by atoms with Gasteiger partial charge in [0.15, 0.2) is 6.29 Å². The first-order valence-corrected chi connectivity index (χ1v) is 11.5. The van der Waals surface area contributed by atoms with Gasteiger partial charge >= 0.3 is 6.09 Å². The third-order valence-corrected chi connectivity index (χ3v) is 5.68. The molecule has 2 heterocycles. The number of amides is 1. The maximum atomic E-state index is 12.1. The molecule has 4 rings (SSSR count). The van der Waals surface area contributed by atoms with E-state index in [1.54, 1.807) is 11.1 Å². The van der Waals surface area contributed by atoms with Crippen molar-refractivity contribution in [3.63, 3.8) is 0 Å². The number of aromatic nitrogens is 2. The number of carbonyl (C=O) groups excluding carboxylic acids is 2. The van der Waals surface area contributed by atoms with E-state index in [1.807, 2.05) is 81.0 Å². The van der Waals surface area contributed by atoms with Crippen molar-refractivity contribution in [1.82, 2.24) is 14.7 Å². The number of nitrogens with zero attached hydrogens (tertiary/aromatic N) is 3. The molecule has 1 saturated heterocycles. The molecule has 0 saturated carbocycles. The molecule has 178 valence electrons. The van der Waals surface area contributed by atoms with Gasteiger partial charge in [0.2, 0.25) is 0 Å². The summed E-state index contributed by atoms with van der Waals surface area (Å²) in [6, 6.07) is 13.7. The van der Waals surface area contributed by atoms with Crippen LogP contribution in [0, 0.1) is 12.8 Å². The van der Waals surface area contributed by atoms with E-state index < -0.39 is 5.60 Å². The minimum absolute atomic E-state index is 0.267. The van der Waals surface area contributed by atoms with Gasteiger partial charge in [-0.05, 0) is 56.5 Å². The van der Waals surface area contributed by atoms with Gasteiger partial charge in [0.25, 0.3) is 0 Å². The Bertz CT molecular complexity index is 1160. The fraction of sp³-hybridized carbons (Fsp3) is 0.370. The summed E-state index contributed by atoms with van der Waals surface area (Å²) in [7, 11) is 0. The van der Waals surface area contributed by atoms with Gasteiger partial charge in [-0.1, -0.05) is 30.3 Å². The number of ether oxygens (including phenoxy) is 2. The average molecular weight is 462 g/mol. The van der Waals surface area contributed by atoms with Crippen molar-refractivity contribution in [2.75, 3.05) is 13.1 Å². The molecule has 0 N–H and O–H groups in total. The van der Waals surface area contributed by atoms with E-state index in [4.69, 9.17) is 9.47 Å². The zero-order valence-corrected chi connectivity index (χ0v) is 20.2. The van der Waals surface area contributed by atoms with E-state index in [-0.39, 0.29) is 6.09 Å². The minimum atomic E-state index is -0.486. The molecule has 1 aliphatic rings. The molecule has 3 aromatic rings. The SMILES string of the molecule is Cc1cc(-c2cnn(CC3CN(C(=O)OC(C)(C)C)C3)c2)cc(C=O)c1OCc1ccccc1. The molecular formula is C27H31N3O4. The van der Waals surface area contributed by atoms with Crippen LogP contribution in [0.1, 0.15) is 42.3 Å². The summed E-state index contributed by atoms with van der Waals surface area (Å²) in [5.74, 6) is 0.938. The fourth-order valence-corrected chi connectivity index (χ4v) is 4.02. The topological polar surface area (TPSA) is 73.7 Å². The Morgan fingerprint density at radius 2 is 1.88 bits per heavy atom. The van der Waals surface area contributed by atoms with Crippen LogP contribution >= 0.6 is 0 Å². The van der Waals surface area contributed by atoms with Crippen molar-refractivity contribution in [2.45, 2.75) is 46.4 Å². The quantitative estimate of drug-likeness (QED) is 0.457. The normalized spacial score (nSPS) is 13.9. The van der Waals surface area contributed by atoms with Crippen LogP contribution in [0.5, 0.6) is 5.75 Å². The van der Waals surface area contributed by atoms with E-state index in [0.717, 1.165) is 35.1 Å². The number of rotatable bonds is 7. The number of aldehydes is 1. The van der Waals surface area contributed by atoms with E-state index >= 15 is 0 Å². The first-order valence-electron chi connectivity index (χ1n) is 11.5. The number of benzene rings is 2. The predicted molar refractivity (Wildman–Crippen MR) is 130 cm³/mol. The van der Waals surface area contributed by atoms with Crippen molar-refractivity contribution in [2.24, 2.45) is 5.92 Å². The standard InChI is InChI=1S/C27H31N3O4/c1-19-10-22(11-23(17-31)25(19)33-18-20-8-6-5-7-9-20)24-12-28-30(16-24)15-21-13-29(14-21)26(32)34-27(2,3)4/h5-12,16-17,21H,13-15,18H2,1-4H3. The molecule has 0 spiro atoms. The third-order valence-electron chi connectivity index (χ3n) is 5.68. The Balaban J connectivity index is 1.39. The largest absolute Gasteiger partial charge is 0.488 e. The Morgan fingerprint density at radius 3 is 2.56 bits per heavy atom. The van der Waals surface area contributed by atoms with Gasteiger partial charge in [-0.25, -0.2) is 4.79 Å². The maximum absolute atomic E-state index is 12.1. The maximum Gasteiger partial charge on any atom is 0.410 e. The van der Waals surface area contributed by atoms with Crippen LogP contribution in [0.15, 0.2) is 54.9 Å². The molecule has 0 radical (unpaired) electrons. The lowest BCUT2D eigenvalue weighted by molar-refractivity contribution is -0.00384. The monoisotopic (exact) mass is 461 g/mol. The number of likely N-dealkylation sites (tertiary alicyclic amines) is 1. The van der Waals surface area contributed by atoms with Crippen LogP contribution in [-0.2, 0) is 17.9 Å². The molecule has 0 atom stereocenters. The van der Waals surface area contributed by atoms with Gasteiger partial charge < -0.3 is 14.4 Å². The highest BCUT2D eigenvalue weighted by Gasteiger charge is 2.33.